The van der Waals surface area contributed by atoms with Crippen LogP contribution in [-0.2, 0) is 11.4 Å². The highest BCUT2D eigenvalue weighted by atomic mass is 35.5. The Hall–Kier alpha value is -3.55. The summed E-state index contributed by atoms with van der Waals surface area (Å²) in [7, 11) is 0. The first kappa shape index (κ1) is 21.7. The molecule has 1 N–H and O–H groups in total. The lowest BCUT2D eigenvalue weighted by molar-refractivity contribution is -0.131. The summed E-state index contributed by atoms with van der Waals surface area (Å²) in [6, 6.07) is 23.9. The molecule has 6 nitrogen and oxygen atoms in total. The van der Waals surface area contributed by atoms with Crippen LogP contribution in [0.1, 0.15) is 11.1 Å². The molecule has 4 rings (SSSR count). The predicted molar refractivity (Wildman–Crippen MR) is 123 cm³/mol. The van der Waals surface area contributed by atoms with Crippen molar-refractivity contribution in [1.29, 1.82) is 0 Å². The number of halogens is 1. The fraction of sp³-hybridized carbons (Fsp3) is 0.0417. The average molecular weight is 465 g/mol. The number of carboxylic acids is 1. The van der Waals surface area contributed by atoms with Gasteiger partial charge in [0.1, 0.15) is 17.3 Å². The Balaban J connectivity index is 1.49. The Morgan fingerprint density at radius 2 is 1.81 bits per heavy atom. The molecule has 3 aromatic carbocycles. The summed E-state index contributed by atoms with van der Waals surface area (Å²) in [6.45, 7) is 0.421. The minimum absolute atomic E-state index is 0.0384. The molecule has 0 saturated heterocycles. The Bertz CT molecular complexity index is 1240. The Morgan fingerprint density at radius 1 is 1.03 bits per heavy atom. The zero-order valence-electron chi connectivity index (χ0n) is 16.6. The van der Waals surface area contributed by atoms with Gasteiger partial charge in [0.05, 0.1) is 0 Å². The van der Waals surface area contributed by atoms with E-state index in [2.05, 4.69) is 10.2 Å². The van der Waals surface area contributed by atoms with Crippen molar-refractivity contribution in [2.24, 2.45) is 0 Å². The van der Waals surface area contributed by atoms with Crippen molar-refractivity contribution >= 4 is 35.4 Å². The molecule has 0 aliphatic carbocycles. The maximum atomic E-state index is 11.8. The summed E-state index contributed by atoms with van der Waals surface area (Å²) in [5.74, 6) is -0.178. The van der Waals surface area contributed by atoms with Crippen LogP contribution in [0.2, 0.25) is 5.02 Å². The molecular weight excluding hydrogens is 448 g/mol. The Labute approximate surface area is 193 Å². The number of aliphatic carboxylic acids is 1. The normalized spacial score (nSPS) is 11.3. The fourth-order valence-corrected chi connectivity index (χ4v) is 3.57. The van der Waals surface area contributed by atoms with Crippen molar-refractivity contribution in [2.45, 2.75) is 11.8 Å². The molecule has 0 saturated carbocycles. The van der Waals surface area contributed by atoms with Crippen LogP contribution < -0.4 is 4.74 Å². The molecule has 8 heteroatoms. The van der Waals surface area contributed by atoms with E-state index in [1.165, 1.54) is 6.08 Å². The number of carbonyl (C=O) groups is 1. The maximum absolute atomic E-state index is 11.8. The minimum atomic E-state index is -1.10. The zero-order valence-corrected chi connectivity index (χ0v) is 18.2. The van der Waals surface area contributed by atoms with E-state index in [0.29, 0.717) is 28.5 Å². The van der Waals surface area contributed by atoms with Gasteiger partial charge in [-0.05, 0) is 65.4 Å². The number of benzene rings is 3. The molecule has 0 unspecified atom stereocenters. The molecule has 160 valence electrons. The largest absolute Gasteiger partial charge is 0.489 e. The standard InChI is InChI=1S/C24H17ClN2O4S/c25-19-11-9-18(10-12-19)22-26-27-24(31-22)32-21(23(28)29)14-17-7-4-8-20(13-17)30-15-16-5-2-1-3-6-16/h1-14H,15H2,(H,28,29)/b21-14-. The van der Waals surface area contributed by atoms with Crippen LogP contribution in [0.4, 0.5) is 0 Å². The second-order valence-corrected chi connectivity index (χ2v) is 8.07. The smallest absolute Gasteiger partial charge is 0.342 e. The van der Waals surface area contributed by atoms with Crippen LogP contribution in [0.3, 0.4) is 0 Å². The first-order chi connectivity index (χ1) is 15.6. The van der Waals surface area contributed by atoms with Crippen LogP contribution >= 0.6 is 23.4 Å². The van der Waals surface area contributed by atoms with Crippen molar-refractivity contribution in [3.05, 3.63) is 99.9 Å². The van der Waals surface area contributed by atoms with Gasteiger partial charge in [0.15, 0.2) is 0 Å². The van der Waals surface area contributed by atoms with Gasteiger partial charge in [0, 0.05) is 10.6 Å². The van der Waals surface area contributed by atoms with Crippen LogP contribution in [0.25, 0.3) is 17.5 Å². The highest BCUT2D eigenvalue weighted by Crippen LogP contribution is 2.31. The third-order valence-corrected chi connectivity index (χ3v) is 5.41. The maximum Gasteiger partial charge on any atom is 0.342 e. The van der Waals surface area contributed by atoms with E-state index in [9.17, 15) is 9.90 Å². The molecule has 0 aliphatic heterocycles. The summed E-state index contributed by atoms with van der Waals surface area (Å²) in [4.78, 5) is 11.8. The summed E-state index contributed by atoms with van der Waals surface area (Å²) in [5.41, 5.74) is 2.42. The van der Waals surface area contributed by atoms with Gasteiger partial charge < -0.3 is 14.3 Å². The van der Waals surface area contributed by atoms with Gasteiger partial charge in [0.2, 0.25) is 5.89 Å². The first-order valence-electron chi connectivity index (χ1n) is 9.56. The molecule has 1 heterocycles. The molecule has 32 heavy (non-hydrogen) atoms. The Kier molecular flexibility index (Phi) is 6.89. The summed E-state index contributed by atoms with van der Waals surface area (Å²) in [6.07, 6.45) is 1.54. The lowest BCUT2D eigenvalue weighted by Gasteiger charge is -2.07. The Morgan fingerprint density at radius 3 is 2.56 bits per heavy atom. The average Bonchev–Trinajstić information content (AvgIpc) is 3.27. The fourth-order valence-electron chi connectivity index (χ4n) is 2.78. The first-order valence-corrected chi connectivity index (χ1v) is 10.8. The molecule has 0 amide bonds. The van der Waals surface area contributed by atoms with E-state index in [1.54, 1.807) is 36.4 Å². The molecule has 1 aromatic heterocycles. The third kappa shape index (κ3) is 5.78. The van der Waals surface area contributed by atoms with Crippen LogP contribution in [-0.4, -0.2) is 21.3 Å². The van der Waals surface area contributed by atoms with Crippen LogP contribution in [0.5, 0.6) is 5.75 Å². The van der Waals surface area contributed by atoms with E-state index in [1.807, 2.05) is 42.5 Å². The van der Waals surface area contributed by atoms with Gasteiger partial charge in [-0.2, -0.15) is 0 Å². The third-order valence-electron chi connectivity index (χ3n) is 4.31. The number of nitrogens with zero attached hydrogens (tertiary/aromatic N) is 2. The number of ether oxygens (including phenoxy) is 1. The molecule has 0 aliphatic rings. The van der Waals surface area contributed by atoms with E-state index < -0.39 is 5.97 Å². The van der Waals surface area contributed by atoms with Gasteiger partial charge in [-0.3, -0.25) is 0 Å². The number of hydrogen-bond acceptors (Lipinski definition) is 6. The van der Waals surface area contributed by atoms with Crippen molar-refractivity contribution in [3.63, 3.8) is 0 Å². The molecule has 0 spiro atoms. The van der Waals surface area contributed by atoms with Crippen molar-refractivity contribution in [2.75, 3.05) is 0 Å². The highest BCUT2D eigenvalue weighted by molar-refractivity contribution is 8.03. The van der Waals surface area contributed by atoms with Gasteiger partial charge in [-0.25, -0.2) is 4.79 Å². The van der Waals surface area contributed by atoms with E-state index >= 15 is 0 Å². The molecule has 0 fully saturated rings. The predicted octanol–water partition coefficient (Wildman–Crippen LogP) is 6.19. The number of hydrogen-bond donors (Lipinski definition) is 1. The van der Waals surface area contributed by atoms with E-state index in [-0.39, 0.29) is 16.0 Å². The van der Waals surface area contributed by atoms with Gasteiger partial charge in [-0.1, -0.05) is 54.1 Å². The quantitative estimate of drug-likeness (QED) is 0.246. The van der Waals surface area contributed by atoms with Gasteiger partial charge in [0.25, 0.3) is 5.22 Å². The van der Waals surface area contributed by atoms with Crippen molar-refractivity contribution in [3.8, 4) is 17.2 Å². The topological polar surface area (TPSA) is 85.5 Å². The van der Waals surface area contributed by atoms with Crippen molar-refractivity contribution < 1.29 is 19.1 Å². The molecule has 0 bridgehead atoms. The molecule has 0 atom stereocenters. The summed E-state index contributed by atoms with van der Waals surface area (Å²) < 4.78 is 11.4. The minimum Gasteiger partial charge on any atom is -0.489 e. The zero-order chi connectivity index (χ0) is 22.3. The van der Waals surface area contributed by atoms with Crippen molar-refractivity contribution in [1.82, 2.24) is 10.2 Å². The van der Waals surface area contributed by atoms with E-state index in [0.717, 1.165) is 17.3 Å². The lowest BCUT2D eigenvalue weighted by Crippen LogP contribution is -1.97. The lowest BCUT2D eigenvalue weighted by atomic mass is 10.2. The highest BCUT2D eigenvalue weighted by Gasteiger charge is 2.16. The monoisotopic (exact) mass is 464 g/mol. The van der Waals surface area contributed by atoms with Gasteiger partial charge >= 0.3 is 5.97 Å². The van der Waals surface area contributed by atoms with Crippen LogP contribution in [0, 0.1) is 0 Å². The molecular formula is C24H17ClN2O4S. The summed E-state index contributed by atoms with van der Waals surface area (Å²) >= 11 is 6.78. The number of aromatic nitrogens is 2. The molecule has 4 aromatic rings. The SMILES string of the molecule is O=C(O)/C(=C/c1cccc(OCc2ccccc2)c1)Sc1nnc(-c2ccc(Cl)cc2)o1. The second kappa shape index (κ2) is 10.2. The number of thioether (sulfide) groups is 1. The summed E-state index contributed by atoms with van der Waals surface area (Å²) in [5, 5.41) is 18.3. The van der Waals surface area contributed by atoms with E-state index in [4.69, 9.17) is 20.8 Å². The number of rotatable bonds is 8. The second-order valence-electron chi connectivity index (χ2n) is 6.64. The van der Waals surface area contributed by atoms with Crippen LogP contribution in [0.15, 0.2) is 93.4 Å². The molecule has 0 radical (unpaired) electrons. The van der Waals surface area contributed by atoms with Gasteiger partial charge in [-0.15, -0.1) is 10.2 Å². The number of carboxylic acid groups (broad SMARTS) is 1.